The molecule has 0 spiro atoms. The summed E-state index contributed by atoms with van der Waals surface area (Å²) in [6, 6.07) is 0. The van der Waals surface area contributed by atoms with Crippen molar-refractivity contribution in [3.05, 3.63) is 11.7 Å². The summed E-state index contributed by atoms with van der Waals surface area (Å²) in [5, 5.41) is 3.90. The van der Waals surface area contributed by atoms with Crippen molar-refractivity contribution in [1.29, 1.82) is 0 Å². The smallest absolute Gasteiger partial charge is 0.229 e. The molecule has 1 aromatic heterocycles. The Labute approximate surface area is 108 Å². The zero-order valence-corrected chi connectivity index (χ0v) is 11.6. The van der Waals surface area contributed by atoms with Gasteiger partial charge in [0.1, 0.15) is 5.54 Å². The Kier molecular flexibility index (Phi) is 5.71. The minimum atomic E-state index is -0.738. The normalized spacial score (nSPS) is 15.0. The maximum Gasteiger partial charge on any atom is 0.229 e. The molecule has 0 fully saturated rings. The van der Waals surface area contributed by atoms with E-state index in [0.29, 0.717) is 38.0 Å². The van der Waals surface area contributed by atoms with Crippen molar-refractivity contribution in [1.82, 2.24) is 10.1 Å². The Balaban J connectivity index is 2.54. The molecule has 6 heteroatoms. The van der Waals surface area contributed by atoms with Crippen molar-refractivity contribution < 1.29 is 14.0 Å². The summed E-state index contributed by atoms with van der Waals surface area (Å²) in [5.74, 6) is 1.01. The highest BCUT2D eigenvalue weighted by molar-refractivity contribution is 5.01. The van der Waals surface area contributed by atoms with Gasteiger partial charge in [0.15, 0.2) is 5.82 Å². The molecule has 1 atom stereocenters. The second-order valence-corrected chi connectivity index (χ2v) is 4.74. The van der Waals surface area contributed by atoms with Gasteiger partial charge in [-0.1, -0.05) is 5.16 Å². The van der Waals surface area contributed by atoms with Crippen LogP contribution in [-0.2, 0) is 21.4 Å². The Hall–Kier alpha value is -0.980. The SMILES string of the molecule is CCOCCc1nc(C(C)(N)COC(C)C)no1. The number of hydrogen-bond acceptors (Lipinski definition) is 6. The zero-order chi connectivity index (χ0) is 13.6. The molecule has 0 aliphatic carbocycles. The lowest BCUT2D eigenvalue weighted by atomic mass is 10.1. The minimum Gasteiger partial charge on any atom is -0.381 e. The van der Waals surface area contributed by atoms with Gasteiger partial charge in [0, 0.05) is 6.61 Å². The summed E-state index contributed by atoms with van der Waals surface area (Å²) in [7, 11) is 0. The average molecular weight is 257 g/mol. The number of nitrogens with zero attached hydrogens (tertiary/aromatic N) is 2. The molecule has 1 aromatic rings. The molecule has 1 rings (SSSR count). The predicted molar refractivity (Wildman–Crippen MR) is 67.1 cm³/mol. The fourth-order valence-electron chi connectivity index (χ4n) is 1.30. The molecule has 18 heavy (non-hydrogen) atoms. The van der Waals surface area contributed by atoms with Crippen molar-refractivity contribution in [2.75, 3.05) is 19.8 Å². The molecule has 0 saturated heterocycles. The molecule has 6 nitrogen and oxygen atoms in total. The average Bonchev–Trinajstić information content (AvgIpc) is 2.76. The number of nitrogens with two attached hydrogens (primary N) is 1. The third-order valence-corrected chi connectivity index (χ3v) is 2.36. The number of ether oxygens (including phenoxy) is 2. The van der Waals surface area contributed by atoms with Gasteiger partial charge in [-0.3, -0.25) is 0 Å². The molecule has 0 aromatic carbocycles. The van der Waals surface area contributed by atoms with Crippen molar-refractivity contribution in [3.8, 4) is 0 Å². The van der Waals surface area contributed by atoms with Crippen LogP contribution in [0.15, 0.2) is 4.52 Å². The van der Waals surface area contributed by atoms with Gasteiger partial charge in [0.2, 0.25) is 5.89 Å². The van der Waals surface area contributed by atoms with Gasteiger partial charge in [-0.25, -0.2) is 0 Å². The first-order chi connectivity index (χ1) is 8.45. The maximum absolute atomic E-state index is 6.11. The van der Waals surface area contributed by atoms with Gasteiger partial charge in [0.25, 0.3) is 0 Å². The fraction of sp³-hybridized carbons (Fsp3) is 0.833. The van der Waals surface area contributed by atoms with Crippen LogP contribution in [0.1, 0.15) is 39.4 Å². The molecule has 0 saturated carbocycles. The van der Waals surface area contributed by atoms with E-state index in [9.17, 15) is 0 Å². The zero-order valence-electron chi connectivity index (χ0n) is 11.6. The molecule has 1 heterocycles. The van der Waals surface area contributed by atoms with Crippen molar-refractivity contribution in [2.45, 2.75) is 45.8 Å². The van der Waals surface area contributed by atoms with Gasteiger partial charge < -0.3 is 19.7 Å². The lowest BCUT2D eigenvalue weighted by Gasteiger charge is -2.21. The first-order valence-corrected chi connectivity index (χ1v) is 6.27. The van der Waals surface area contributed by atoms with Crippen LogP contribution in [0.25, 0.3) is 0 Å². The van der Waals surface area contributed by atoms with E-state index < -0.39 is 5.54 Å². The van der Waals surface area contributed by atoms with Crippen molar-refractivity contribution in [2.24, 2.45) is 5.73 Å². The molecule has 2 N–H and O–H groups in total. The molecule has 1 unspecified atom stereocenters. The summed E-state index contributed by atoms with van der Waals surface area (Å²) < 4.78 is 15.9. The molecule has 0 bridgehead atoms. The van der Waals surface area contributed by atoms with Crippen LogP contribution < -0.4 is 5.73 Å². The number of hydrogen-bond donors (Lipinski definition) is 1. The molecule has 104 valence electrons. The Morgan fingerprint density at radius 2 is 2.17 bits per heavy atom. The van der Waals surface area contributed by atoms with Gasteiger partial charge >= 0.3 is 0 Å². The van der Waals surface area contributed by atoms with Crippen molar-refractivity contribution in [3.63, 3.8) is 0 Å². The summed E-state index contributed by atoms with van der Waals surface area (Å²) in [4.78, 5) is 4.27. The fourth-order valence-corrected chi connectivity index (χ4v) is 1.30. The third-order valence-electron chi connectivity index (χ3n) is 2.36. The monoisotopic (exact) mass is 257 g/mol. The quantitative estimate of drug-likeness (QED) is 0.706. The number of aromatic nitrogens is 2. The second-order valence-electron chi connectivity index (χ2n) is 4.74. The van der Waals surface area contributed by atoms with Crippen LogP contribution in [0, 0.1) is 0 Å². The number of rotatable bonds is 8. The molecule has 0 aliphatic rings. The van der Waals surface area contributed by atoms with Gasteiger partial charge in [-0.05, 0) is 27.7 Å². The summed E-state index contributed by atoms with van der Waals surface area (Å²) in [6.07, 6.45) is 0.722. The first-order valence-electron chi connectivity index (χ1n) is 6.27. The molecule has 0 radical (unpaired) electrons. The first kappa shape index (κ1) is 15.1. The van der Waals surface area contributed by atoms with E-state index >= 15 is 0 Å². The standard InChI is InChI=1S/C12H23N3O3/c1-5-16-7-6-10-14-11(15-18-10)12(4,13)8-17-9(2)3/h9H,5-8,13H2,1-4H3. The highest BCUT2D eigenvalue weighted by Crippen LogP contribution is 2.15. The topological polar surface area (TPSA) is 83.4 Å². The van der Waals surface area contributed by atoms with E-state index in [4.69, 9.17) is 19.7 Å². The van der Waals surface area contributed by atoms with E-state index in [1.54, 1.807) is 0 Å². The minimum absolute atomic E-state index is 0.122. The predicted octanol–water partition coefficient (Wildman–Crippen LogP) is 1.25. The molecule has 0 aliphatic heterocycles. The molecule has 0 amide bonds. The van der Waals surface area contributed by atoms with Crippen LogP contribution in [-0.4, -0.2) is 36.1 Å². The van der Waals surface area contributed by atoms with Gasteiger partial charge in [-0.15, -0.1) is 0 Å². The van der Waals surface area contributed by atoms with Crippen molar-refractivity contribution >= 4 is 0 Å². The van der Waals surface area contributed by atoms with Crippen LogP contribution >= 0.6 is 0 Å². The van der Waals surface area contributed by atoms with Crippen LogP contribution in [0.2, 0.25) is 0 Å². The van der Waals surface area contributed by atoms with Gasteiger partial charge in [-0.2, -0.15) is 4.98 Å². The Bertz CT molecular complexity index is 350. The van der Waals surface area contributed by atoms with E-state index in [0.717, 1.165) is 0 Å². The Morgan fingerprint density at radius 1 is 1.44 bits per heavy atom. The second kappa shape index (κ2) is 6.82. The molecular formula is C12H23N3O3. The highest BCUT2D eigenvalue weighted by Gasteiger charge is 2.28. The van der Waals surface area contributed by atoms with Gasteiger partial charge in [0.05, 0.1) is 25.7 Å². The largest absolute Gasteiger partial charge is 0.381 e. The van der Waals surface area contributed by atoms with E-state index in [1.165, 1.54) is 0 Å². The van der Waals surface area contributed by atoms with Crippen LogP contribution in [0.3, 0.4) is 0 Å². The van der Waals surface area contributed by atoms with Crippen LogP contribution in [0.5, 0.6) is 0 Å². The van der Waals surface area contributed by atoms with E-state index in [-0.39, 0.29) is 6.10 Å². The van der Waals surface area contributed by atoms with E-state index in [1.807, 2.05) is 27.7 Å². The highest BCUT2D eigenvalue weighted by atomic mass is 16.5. The lowest BCUT2D eigenvalue weighted by molar-refractivity contribution is 0.0410. The Morgan fingerprint density at radius 3 is 2.78 bits per heavy atom. The molecular weight excluding hydrogens is 234 g/mol. The maximum atomic E-state index is 6.11. The summed E-state index contributed by atoms with van der Waals surface area (Å²) in [5.41, 5.74) is 5.37. The third kappa shape index (κ3) is 4.72. The lowest BCUT2D eigenvalue weighted by Crippen LogP contribution is -2.40. The van der Waals surface area contributed by atoms with E-state index in [2.05, 4.69) is 10.1 Å². The summed E-state index contributed by atoms with van der Waals surface area (Å²) >= 11 is 0. The van der Waals surface area contributed by atoms with Crippen LogP contribution in [0.4, 0.5) is 0 Å². The summed E-state index contributed by atoms with van der Waals surface area (Å²) in [6.45, 7) is 9.29.